The molecule has 0 heterocycles. The Hall–Kier alpha value is -0.850. The summed E-state index contributed by atoms with van der Waals surface area (Å²) in [5.74, 6) is 5.50. The molecule has 28 heavy (non-hydrogen) atoms. The quantitative estimate of drug-likeness (QED) is 0.431. The molecule has 3 aliphatic rings. The highest BCUT2D eigenvalue weighted by Crippen LogP contribution is 2.51. The molecule has 1 aromatic rings. The minimum Gasteiger partial charge on any atom is -0.207 e. The summed E-state index contributed by atoms with van der Waals surface area (Å²) in [6.45, 7) is 2.32. The molecular weight excluding hydrogens is 343 g/mol. The fourth-order valence-electron chi connectivity index (χ4n) is 7.05. The molecule has 1 aromatic carbocycles. The Labute approximate surface area is 172 Å². The maximum atomic E-state index is 13.6. The highest BCUT2D eigenvalue weighted by molar-refractivity contribution is 5.21. The van der Waals surface area contributed by atoms with Gasteiger partial charge in [-0.05, 0) is 105 Å². The van der Waals surface area contributed by atoms with E-state index in [1.165, 1.54) is 95.5 Å². The lowest BCUT2D eigenvalue weighted by molar-refractivity contribution is 0.0710. The second-order valence-electron chi connectivity index (χ2n) is 10.4. The third-order valence-electron chi connectivity index (χ3n) is 8.75. The van der Waals surface area contributed by atoms with E-state index in [4.69, 9.17) is 0 Å². The average Bonchev–Trinajstić information content (AvgIpc) is 2.74. The molecular formula is C27H41F. The predicted octanol–water partition coefficient (Wildman–Crippen LogP) is 8.51. The first-order valence-electron chi connectivity index (χ1n) is 12.5. The van der Waals surface area contributed by atoms with Gasteiger partial charge >= 0.3 is 0 Å². The van der Waals surface area contributed by atoms with Crippen molar-refractivity contribution in [3.63, 3.8) is 0 Å². The van der Waals surface area contributed by atoms with Crippen LogP contribution in [0.4, 0.5) is 4.39 Å². The summed E-state index contributed by atoms with van der Waals surface area (Å²) in [5, 5.41) is 0. The van der Waals surface area contributed by atoms with Gasteiger partial charge in [-0.15, -0.1) is 0 Å². The van der Waals surface area contributed by atoms with Crippen molar-refractivity contribution in [1.29, 1.82) is 0 Å². The van der Waals surface area contributed by atoms with Crippen LogP contribution in [0.25, 0.3) is 0 Å². The first kappa shape index (κ1) is 20.4. The largest absolute Gasteiger partial charge is 0.207 e. The molecule has 3 saturated carbocycles. The Morgan fingerprint density at radius 3 is 2.21 bits per heavy atom. The number of halogens is 1. The zero-order chi connectivity index (χ0) is 19.3. The highest BCUT2D eigenvalue weighted by atomic mass is 19.1. The topological polar surface area (TPSA) is 0 Å². The third kappa shape index (κ3) is 5.00. The molecule has 0 amide bonds. The first-order valence-corrected chi connectivity index (χ1v) is 12.5. The standard InChI is InChI=1S/C27H41F/c1-2-3-4-6-20-9-11-21(12-10-20)23-13-14-26-18-24(15-16-25(26)17-23)22-7-5-8-27(28)19-22/h5,7-8,19-21,23-26H,2-4,6,9-18H2,1H3. The molecule has 0 bridgehead atoms. The van der Waals surface area contributed by atoms with E-state index in [-0.39, 0.29) is 5.82 Å². The average molecular weight is 385 g/mol. The lowest BCUT2D eigenvalue weighted by Gasteiger charge is -2.45. The van der Waals surface area contributed by atoms with Crippen LogP contribution >= 0.6 is 0 Å². The fraction of sp³-hybridized carbons (Fsp3) is 0.778. The molecule has 0 saturated heterocycles. The zero-order valence-electron chi connectivity index (χ0n) is 18.1. The van der Waals surface area contributed by atoms with Crippen molar-refractivity contribution in [2.75, 3.05) is 0 Å². The van der Waals surface area contributed by atoms with Crippen LogP contribution in [0, 0.1) is 35.4 Å². The van der Waals surface area contributed by atoms with Crippen LogP contribution in [-0.2, 0) is 0 Å². The Bertz CT molecular complexity index is 600. The van der Waals surface area contributed by atoms with Crippen LogP contribution in [-0.4, -0.2) is 0 Å². The van der Waals surface area contributed by atoms with E-state index in [9.17, 15) is 4.39 Å². The van der Waals surface area contributed by atoms with Crippen molar-refractivity contribution in [2.24, 2.45) is 29.6 Å². The molecule has 0 radical (unpaired) electrons. The molecule has 3 aliphatic carbocycles. The molecule has 0 aliphatic heterocycles. The van der Waals surface area contributed by atoms with E-state index in [0.29, 0.717) is 5.92 Å². The van der Waals surface area contributed by atoms with E-state index in [0.717, 1.165) is 29.6 Å². The summed E-state index contributed by atoms with van der Waals surface area (Å²) in [4.78, 5) is 0. The van der Waals surface area contributed by atoms with Gasteiger partial charge in [-0.2, -0.15) is 0 Å². The van der Waals surface area contributed by atoms with Gasteiger partial charge in [0.2, 0.25) is 0 Å². The lowest BCUT2D eigenvalue weighted by atomic mass is 9.60. The maximum absolute atomic E-state index is 13.6. The Kier molecular flexibility index (Phi) is 7.13. The van der Waals surface area contributed by atoms with Gasteiger partial charge in [0, 0.05) is 0 Å². The molecule has 1 heteroatoms. The molecule has 4 unspecified atom stereocenters. The number of hydrogen-bond acceptors (Lipinski definition) is 0. The fourth-order valence-corrected chi connectivity index (χ4v) is 7.05. The SMILES string of the molecule is CCCCCC1CCC(C2CCC3CC(c4cccc(F)c4)CCC3C2)CC1. The van der Waals surface area contributed by atoms with Crippen LogP contribution < -0.4 is 0 Å². The van der Waals surface area contributed by atoms with Crippen LogP contribution in [0.1, 0.15) is 108 Å². The molecule has 4 rings (SSSR count). The van der Waals surface area contributed by atoms with Crippen LogP contribution in [0.5, 0.6) is 0 Å². The molecule has 4 atom stereocenters. The molecule has 3 fully saturated rings. The molecule has 156 valence electrons. The van der Waals surface area contributed by atoms with Crippen molar-refractivity contribution in [2.45, 2.75) is 103 Å². The minimum absolute atomic E-state index is 0.0615. The van der Waals surface area contributed by atoms with E-state index >= 15 is 0 Å². The van der Waals surface area contributed by atoms with Gasteiger partial charge in [-0.1, -0.05) is 57.6 Å². The molecule has 0 N–H and O–H groups in total. The third-order valence-corrected chi connectivity index (χ3v) is 8.75. The summed E-state index contributed by atoms with van der Waals surface area (Å²) < 4.78 is 13.6. The van der Waals surface area contributed by atoms with Crippen molar-refractivity contribution < 1.29 is 4.39 Å². The van der Waals surface area contributed by atoms with Crippen molar-refractivity contribution in [1.82, 2.24) is 0 Å². The number of hydrogen-bond donors (Lipinski definition) is 0. The number of rotatable bonds is 6. The molecule has 0 aromatic heterocycles. The Morgan fingerprint density at radius 1 is 0.786 bits per heavy atom. The van der Waals surface area contributed by atoms with E-state index in [1.807, 2.05) is 6.07 Å². The Balaban J connectivity index is 1.24. The first-order chi connectivity index (χ1) is 13.7. The summed E-state index contributed by atoms with van der Waals surface area (Å²) in [6.07, 6.45) is 20.2. The van der Waals surface area contributed by atoms with Gasteiger partial charge in [0.1, 0.15) is 5.82 Å². The van der Waals surface area contributed by atoms with Crippen molar-refractivity contribution in [3.05, 3.63) is 35.6 Å². The van der Waals surface area contributed by atoms with Crippen LogP contribution in [0.15, 0.2) is 24.3 Å². The maximum Gasteiger partial charge on any atom is 0.123 e. The van der Waals surface area contributed by atoms with Crippen molar-refractivity contribution in [3.8, 4) is 0 Å². The number of unbranched alkanes of at least 4 members (excludes halogenated alkanes) is 2. The summed E-state index contributed by atoms with van der Waals surface area (Å²) in [7, 11) is 0. The predicted molar refractivity (Wildman–Crippen MR) is 117 cm³/mol. The second-order valence-corrected chi connectivity index (χ2v) is 10.4. The van der Waals surface area contributed by atoms with Gasteiger partial charge in [0.15, 0.2) is 0 Å². The molecule has 0 nitrogen and oxygen atoms in total. The smallest absolute Gasteiger partial charge is 0.123 e. The van der Waals surface area contributed by atoms with Gasteiger partial charge in [-0.3, -0.25) is 0 Å². The minimum atomic E-state index is -0.0615. The summed E-state index contributed by atoms with van der Waals surface area (Å²) in [6, 6.07) is 7.42. The summed E-state index contributed by atoms with van der Waals surface area (Å²) >= 11 is 0. The highest BCUT2D eigenvalue weighted by Gasteiger charge is 2.39. The van der Waals surface area contributed by atoms with Gasteiger partial charge in [0.05, 0.1) is 0 Å². The van der Waals surface area contributed by atoms with E-state index in [1.54, 1.807) is 12.1 Å². The number of benzene rings is 1. The van der Waals surface area contributed by atoms with Crippen molar-refractivity contribution >= 4 is 0 Å². The second kappa shape index (κ2) is 9.77. The molecule has 0 spiro atoms. The van der Waals surface area contributed by atoms with E-state index < -0.39 is 0 Å². The number of fused-ring (bicyclic) bond motifs is 1. The van der Waals surface area contributed by atoms with Gasteiger partial charge in [0.25, 0.3) is 0 Å². The van der Waals surface area contributed by atoms with Crippen LogP contribution in [0.2, 0.25) is 0 Å². The monoisotopic (exact) mass is 384 g/mol. The van der Waals surface area contributed by atoms with Gasteiger partial charge < -0.3 is 0 Å². The summed E-state index contributed by atoms with van der Waals surface area (Å²) in [5.41, 5.74) is 1.25. The van der Waals surface area contributed by atoms with E-state index in [2.05, 4.69) is 13.0 Å². The zero-order valence-corrected chi connectivity index (χ0v) is 18.1. The van der Waals surface area contributed by atoms with Crippen LogP contribution in [0.3, 0.4) is 0 Å². The van der Waals surface area contributed by atoms with Gasteiger partial charge in [-0.25, -0.2) is 4.39 Å². The lowest BCUT2D eigenvalue weighted by Crippen LogP contribution is -2.34. The normalized spacial score (nSPS) is 36.1. The Morgan fingerprint density at radius 2 is 1.46 bits per heavy atom.